The topological polar surface area (TPSA) is 91.9 Å². The summed E-state index contributed by atoms with van der Waals surface area (Å²) in [7, 11) is 2.93. The van der Waals surface area contributed by atoms with E-state index >= 15 is 0 Å². The number of aliphatic hydroxyl groups is 1. The zero-order valence-electron chi connectivity index (χ0n) is 20.1. The van der Waals surface area contributed by atoms with Crippen molar-refractivity contribution in [1.29, 1.82) is 0 Å². The molecule has 0 saturated carbocycles. The smallest absolute Gasteiger partial charge is 0.300 e. The normalized spacial score (nSPS) is 17.0. The van der Waals surface area contributed by atoms with Crippen molar-refractivity contribution in [2.75, 3.05) is 19.1 Å². The van der Waals surface area contributed by atoms with Gasteiger partial charge in [-0.25, -0.2) is 0 Å². The molecule has 0 aliphatic carbocycles. The number of aryl methyl sites for hydroxylation is 1. The second-order valence-corrected chi connectivity index (χ2v) is 9.39. The van der Waals surface area contributed by atoms with E-state index in [4.69, 9.17) is 32.7 Å². The van der Waals surface area contributed by atoms with Gasteiger partial charge in [0.2, 0.25) is 0 Å². The number of carbonyl (C=O) groups is 2. The minimum absolute atomic E-state index is 0.106. The molecule has 1 aliphatic rings. The van der Waals surface area contributed by atoms with Crippen molar-refractivity contribution in [3.63, 3.8) is 0 Å². The van der Waals surface area contributed by atoms with Crippen LogP contribution in [0, 0.1) is 6.92 Å². The molecule has 5 rings (SSSR count). The van der Waals surface area contributed by atoms with Gasteiger partial charge < -0.3 is 19.6 Å². The van der Waals surface area contributed by atoms with E-state index in [1.165, 1.54) is 24.1 Å². The fourth-order valence-corrected chi connectivity index (χ4v) is 5.42. The van der Waals surface area contributed by atoms with Gasteiger partial charge in [-0.2, -0.15) is 0 Å². The third-order valence-electron chi connectivity index (χ3n) is 6.48. The maximum atomic E-state index is 13.6. The highest BCUT2D eigenvalue weighted by molar-refractivity contribution is 6.52. The molecule has 188 valence electrons. The second kappa shape index (κ2) is 9.50. The highest BCUT2D eigenvalue weighted by atomic mass is 35.5. The summed E-state index contributed by atoms with van der Waals surface area (Å²) in [5.41, 5.74) is 2.72. The number of benzene rings is 3. The number of para-hydroxylation sites is 1. The molecule has 1 unspecified atom stereocenters. The van der Waals surface area contributed by atoms with Crippen LogP contribution < -0.4 is 14.4 Å². The summed E-state index contributed by atoms with van der Waals surface area (Å²) in [6, 6.07) is 16.3. The first-order valence-electron chi connectivity index (χ1n) is 11.3. The zero-order valence-corrected chi connectivity index (χ0v) is 21.6. The lowest BCUT2D eigenvalue weighted by atomic mass is 9.93. The number of halogens is 2. The Morgan fingerprint density at radius 1 is 1.00 bits per heavy atom. The van der Waals surface area contributed by atoms with Gasteiger partial charge in [-0.3, -0.25) is 14.5 Å². The predicted octanol–water partition coefficient (Wildman–Crippen LogP) is 6.43. The quantitative estimate of drug-likeness (QED) is 0.174. The first kappa shape index (κ1) is 24.7. The molecular formula is C28H22Cl2N2O5. The van der Waals surface area contributed by atoms with Crippen molar-refractivity contribution >= 4 is 57.2 Å². The van der Waals surface area contributed by atoms with E-state index in [0.717, 1.165) is 16.6 Å². The third-order valence-corrected chi connectivity index (χ3v) is 6.98. The number of amides is 1. The van der Waals surface area contributed by atoms with Crippen molar-refractivity contribution in [2.24, 2.45) is 0 Å². The number of aromatic nitrogens is 1. The van der Waals surface area contributed by atoms with E-state index in [9.17, 15) is 14.7 Å². The van der Waals surface area contributed by atoms with E-state index < -0.39 is 23.5 Å². The summed E-state index contributed by atoms with van der Waals surface area (Å²) in [5, 5.41) is 12.8. The molecule has 1 fully saturated rings. The number of rotatable bonds is 5. The lowest BCUT2D eigenvalue weighted by Crippen LogP contribution is -2.29. The molecule has 3 aromatic carbocycles. The molecule has 2 N–H and O–H groups in total. The van der Waals surface area contributed by atoms with E-state index in [1.54, 1.807) is 31.4 Å². The van der Waals surface area contributed by atoms with Crippen molar-refractivity contribution in [3.8, 4) is 11.5 Å². The van der Waals surface area contributed by atoms with Crippen LogP contribution in [0.15, 0.2) is 66.2 Å². The Kier molecular flexibility index (Phi) is 6.35. The average Bonchev–Trinajstić information content (AvgIpc) is 3.35. The van der Waals surface area contributed by atoms with Gasteiger partial charge in [-0.1, -0.05) is 41.4 Å². The molecule has 7 nitrogen and oxygen atoms in total. The number of hydrogen-bond donors (Lipinski definition) is 2. The fraction of sp³-hybridized carbons (Fsp3) is 0.143. The Labute approximate surface area is 222 Å². The van der Waals surface area contributed by atoms with Gasteiger partial charge in [0, 0.05) is 32.9 Å². The molecule has 1 saturated heterocycles. The monoisotopic (exact) mass is 536 g/mol. The van der Waals surface area contributed by atoms with Crippen LogP contribution in [0.3, 0.4) is 0 Å². The number of hydrogen-bond acceptors (Lipinski definition) is 5. The number of methoxy groups -OCH3 is 2. The van der Waals surface area contributed by atoms with Gasteiger partial charge >= 0.3 is 0 Å². The van der Waals surface area contributed by atoms with Crippen LogP contribution >= 0.6 is 23.2 Å². The standard InChI is InChI=1S/C28H22Cl2N2O5/c1-14-22(18-6-4-5-7-21(18)31-14)24-23(25(33)19-12-15(29)13-20(30)27(19)37-3)26(34)28(35)32(24)16-8-10-17(36-2)11-9-16/h4-13,24,31,33H,1-3H3/b25-23+. The fourth-order valence-electron chi connectivity index (χ4n) is 4.85. The minimum atomic E-state index is -0.952. The predicted molar refractivity (Wildman–Crippen MR) is 144 cm³/mol. The number of nitrogens with zero attached hydrogens (tertiary/aromatic N) is 1. The number of ether oxygens (including phenoxy) is 2. The van der Waals surface area contributed by atoms with Crippen LogP contribution in [0.4, 0.5) is 5.69 Å². The Hall–Kier alpha value is -3.94. The maximum Gasteiger partial charge on any atom is 0.300 e. The number of ketones is 1. The van der Waals surface area contributed by atoms with Gasteiger partial charge in [-0.05, 0) is 49.4 Å². The summed E-state index contributed by atoms with van der Waals surface area (Å²) in [6.45, 7) is 1.86. The number of H-pyrrole nitrogens is 1. The Morgan fingerprint density at radius 2 is 1.70 bits per heavy atom. The van der Waals surface area contributed by atoms with E-state index in [1.807, 2.05) is 31.2 Å². The Bertz CT molecular complexity index is 1590. The van der Waals surface area contributed by atoms with Gasteiger partial charge in [0.25, 0.3) is 11.7 Å². The Balaban J connectivity index is 1.83. The summed E-state index contributed by atoms with van der Waals surface area (Å²) in [5.74, 6) is -1.34. The van der Waals surface area contributed by atoms with Crippen LogP contribution in [0.2, 0.25) is 10.0 Å². The molecule has 1 atom stereocenters. The van der Waals surface area contributed by atoms with Crippen molar-refractivity contribution in [2.45, 2.75) is 13.0 Å². The molecule has 0 radical (unpaired) electrons. The molecule has 4 aromatic rings. The number of Topliss-reactive ketones (excluding diaryl/α,β-unsaturated/α-hetero) is 1. The van der Waals surface area contributed by atoms with Crippen molar-refractivity contribution < 1.29 is 24.2 Å². The lowest BCUT2D eigenvalue weighted by molar-refractivity contribution is -0.132. The average molecular weight is 537 g/mol. The van der Waals surface area contributed by atoms with E-state index in [2.05, 4.69) is 4.98 Å². The number of aliphatic hydroxyl groups excluding tert-OH is 1. The SMILES string of the molecule is COc1ccc(N2C(=O)C(=O)/C(=C(/O)c3cc(Cl)cc(Cl)c3OC)C2c2c(C)[nH]c3ccccc23)cc1. The number of aromatic amines is 1. The van der Waals surface area contributed by atoms with Crippen molar-refractivity contribution in [1.82, 2.24) is 4.98 Å². The van der Waals surface area contributed by atoms with Gasteiger partial charge in [0.15, 0.2) is 0 Å². The van der Waals surface area contributed by atoms with Crippen LogP contribution in [0.25, 0.3) is 16.7 Å². The molecular weight excluding hydrogens is 515 g/mol. The maximum absolute atomic E-state index is 13.6. The molecule has 2 heterocycles. The largest absolute Gasteiger partial charge is 0.507 e. The highest BCUT2D eigenvalue weighted by Crippen LogP contribution is 2.47. The first-order valence-corrected chi connectivity index (χ1v) is 12.1. The Morgan fingerprint density at radius 3 is 2.38 bits per heavy atom. The lowest BCUT2D eigenvalue weighted by Gasteiger charge is -2.26. The molecule has 37 heavy (non-hydrogen) atoms. The summed E-state index contributed by atoms with van der Waals surface area (Å²) >= 11 is 12.6. The third kappa shape index (κ3) is 4.00. The number of fused-ring (bicyclic) bond motifs is 1. The first-order chi connectivity index (χ1) is 17.8. The summed E-state index contributed by atoms with van der Waals surface area (Å²) < 4.78 is 10.7. The number of nitrogens with one attached hydrogen (secondary N) is 1. The number of carbonyl (C=O) groups excluding carboxylic acids is 2. The number of anilines is 1. The van der Waals surface area contributed by atoms with E-state index in [0.29, 0.717) is 17.0 Å². The zero-order chi connectivity index (χ0) is 26.4. The van der Waals surface area contributed by atoms with Crippen LogP contribution in [0.1, 0.15) is 22.9 Å². The summed E-state index contributed by atoms with van der Waals surface area (Å²) in [6.07, 6.45) is 0. The second-order valence-electron chi connectivity index (χ2n) is 8.54. The summed E-state index contributed by atoms with van der Waals surface area (Å²) in [4.78, 5) is 31.9. The van der Waals surface area contributed by atoms with E-state index in [-0.39, 0.29) is 26.9 Å². The van der Waals surface area contributed by atoms with Gasteiger partial charge in [-0.15, -0.1) is 0 Å². The molecule has 1 amide bonds. The van der Waals surface area contributed by atoms with Crippen LogP contribution in [0.5, 0.6) is 11.5 Å². The van der Waals surface area contributed by atoms with Crippen LogP contribution in [-0.4, -0.2) is 36.0 Å². The van der Waals surface area contributed by atoms with Gasteiger partial charge in [0.05, 0.1) is 36.4 Å². The molecule has 9 heteroatoms. The highest BCUT2D eigenvalue weighted by Gasteiger charge is 2.48. The minimum Gasteiger partial charge on any atom is -0.507 e. The molecule has 0 bridgehead atoms. The molecule has 1 aliphatic heterocycles. The van der Waals surface area contributed by atoms with Crippen LogP contribution in [-0.2, 0) is 9.59 Å². The molecule has 1 aromatic heterocycles. The van der Waals surface area contributed by atoms with Crippen molar-refractivity contribution in [3.05, 3.63) is 93.1 Å². The molecule has 0 spiro atoms. The van der Waals surface area contributed by atoms with Gasteiger partial charge in [0.1, 0.15) is 17.3 Å².